The number of rotatable bonds is 3. The van der Waals surface area contributed by atoms with Crippen LogP contribution in [0.5, 0.6) is 0 Å². The van der Waals surface area contributed by atoms with E-state index >= 15 is 0 Å². The van der Waals surface area contributed by atoms with Gasteiger partial charge < -0.3 is 4.98 Å². The highest BCUT2D eigenvalue weighted by atomic mass is 79.9. The van der Waals surface area contributed by atoms with E-state index in [0.717, 1.165) is 24.1 Å². The molecule has 0 atom stereocenters. The average Bonchev–Trinajstić information content (AvgIpc) is 3.19. The average molecular weight is 306 g/mol. The zero-order valence-electron chi connectivity index (χ0n) is 9.69. The number of aromatic amines is 1. The third-order valence-corrected chi connectivity index (χ3v) is 3.76. The fraction of sp³-hybridized carbons (Fsp3) is 0.308. The van der Waals surface area contributed by atoms with Crippen molar-refractivity contribution in [2.75, 3.05) is 0 Å². The first-order valence-electron chi connectivity index (χ1n) is 5.91. The molecule has 2 aromatic heterocycles. The van der Waals surface area contributed by atoms with Crippen LogP contribution >= 0.6 is 15.9 Å². The molecule has 0 amide bonds. The molecule has 2 heterocycles. The minimum atomic E-state index is -0.0919. The molecule has 4 nitrogen and oxygen atoms in total. The quantitative estimate of drug-likeness (QED) is 0.947. The molecular weight excluding hydrogens is 294 g/mol. The van der Waals surface area contributed by atoms with E-state index in [1.54, 1.807) is 12.4 Å². The second-order valence-electron chi connectivity index (χ2n) is 4.52. The van der Waals surface area contributed by atoms with Crippen LogP contribution in [0.25, 0.3) is 0 Å². The molecule has 0 spiro atoms. The molecule has 5 heteroatoms. The summed E-state index contributed by atoms with van der Waals surface area (Å²) in [5.74, 6) is 1.16. The standard InChI is InChI=1S/C13H12BrN3O/c14-11-12(9-3-4-9)16-10(17-13(11)18)6-8-2-1-5-15-7-8/h1-2,5,7,9H,3-4,6H2,(H,16,17,18). The molecule has 1 saturated carbocycles. The van der Waals surface area contributed by atoms with Crippen molar-refractivity contribution in [2.45, 2.75) is 25.2 Å². The molecule has 0 aliphatic heterocycles. The van der Waals surface area contributed by atoms with Crippen LogP contribution in [0.4, 0.5) is 0 Å². The summed E-state index contributed by atoms with van der Waals surface area (Å²) in [5.41, 5.74) is 1.85. The molecule has 1 aliphatic rings. The lowest BCUT2D eigenvalue weighted by atomic mass is 10.2. The number of pyridine rings is 1. The van der Waals surface area contributed by atoms with Gasteiger partial charge in [-0.15, -0.1) is 0 Å². The van der Waals surface area contributed by atoms with E-state index in [9.17, 15) is 4.79 Å². The van der Waals surface area contributed by atoms with E-state index in [0.29, 0.717) is 22.6 Å². The van der Waals surface area contributed by atoms with Gasteiger partial charge in [-0.05, 0) is 40.4 Å². The number of halogens is 1. The lowest BCUT2D eigenvalue weighted by Crippen LogP contribution is -2.15. The molecule has 18 heavy (non-hydrogen) atoms. The molecule has 3 rings (SSSR count). The predicted octanol–water partition coefficient (Wildman–Crippen LogP) is 2.40. The Morgan fingerprint density at radius 2 is 2.28 bits per heavy atom. The summed E-state index contributed by atoms with van der Waals surface area (Å²) in [6.45, 7) is 0. The van der Waals surface area contributed by atoms with Crippen molar-refractivity contribution in [3.63, 3.8) is 0 Å². The number of aromatic nitrogens is 3. The third-order valence-electron chi connectivity index (χ3n) is 3.00. The smallest absolute Gasteiger partial charge is 0.265 e. The number of nitrogens with one attached hydrogen (secondary N) is 1. The molecule has 0 bridgehead atoms. The number of hydrogen-bond donors (Lipinski definition) is 1. The summed E-state index contributed by atoms with van der Waals surface area (Å²) in [5, 5.41) is 0. The Kier molecular flexibility index (Phi) is 2.99. The molecule has 0 aromatic carbocycles. The van der Waals surface area contributed by atoms with Crippen LogP contribution in [0.15, 0.2) is 33.8 Å². The van der Waals surface area contributed by atoms with Crippen molar-refractivity contribution < 1.29 is 0 Å². The minimum absolute atomic E-state index is 0.0919. The van der Waals surface area contributed by atoms with Crippen LogP contribution in [0.1, 0.15) is 35.8 Å². The van der Waals surface area contributed by atoms with Gasteiger partial charge in [-0.2, -0.15) is 0 Å². The first-order chi connectivity index (χ1) is 8.74. The zero-order chi connectivity index (χ0) is 12.5. The van der Waals surface area contributed by atoms with Crippen molar-refractivity contribution in [1.82, 2.24) is 15.0 Å². The van der Waals surface area contributed by atoms with Crippen molar-refractivity contribution in [3.8, 4) is 0 Å². The summed E-state index contributed by atoms with van der Waals surface area (Å²) in [6.07, 6.45) is 6.38. The van der Waals surface area contributed by atoms with Crippen molar-refractivity contribution in [2.24, 2.45) is 0 Å². The zero-order valence-corrected chi connectivity index (χ0v) is 11.3. The lowest BCUT2D eigenvalue weighted by Gasteiger charge is -2.05. The molecular formula is C13H12BrN3O. The summed E-state index contributed by atoms with van der Waals surface area (Å²) in [6, 6.07) is 3.86. The first-order valence-corrected chi connectivity index (χ1v) is 6.71. The van der Waals surface area contributed by atoms with Crippen molar-refractivity contribution in [3.05, 3.63) is 56.4 Å². The fourth-order valence-corrected chi connectivity index (χ4v) is 2.44. The van der Waals surface area contributed by atoms with E-state index in [1.807, 2.05) is 12.1 Å². The molecule has 92 valence electrons. The van der Waals surface area contributed by atoms with Crippen LogP contribution in [-0.2, 0) is 6.42 Å². The van der Waals surface area contributed by atoms with E-state index in [4.69, 9.17) is 0 Å². The number of H-pyrrole nitrogens is 1. The van der Waals surface area contributed by atoms with E-state index in [-0.39, 0.29) is 5.56 Å². The molecule has 1 N–H and O–H groups in total. The van der Waals surface area contributed by atoms with E-state index in [2.05, 4.69) is 30.9 Å². The highest BCUT2D eigenvalue weighted by Crippen LogP contribution is 2.41. The fourth-order valence-electron chi connectivity index (χ4n) is 1.93. The Labute approximate surface area is 113 Å². The van der Waals surface area contributed by atoms with E-state index < -0.39 is 0 Å². The molecule has 0 radical (unpaired) electrons. The van der Waals surface area contributed by atoms with Crippen LogP contribution in [0, 0.1) is 0 Å². The summed E-state index contributed by atoms with van der Waals surface area (Å²) >= 11 is 3.32. The van der Waals surface area contributed by atoms with Crippen molar-refractivity contribution in [1.29, 1.82) is 0 Å². The van der Waals surface area contributed by atoms with Gasteiger partial charge >= 0.3 is 0 Å². The largest absolute Gasteiger partial charge is 0.309 e. The summed E-state index contributed by atoms with van der Waals surface area (Å²) < 4.78 is 0.583. The van der Waals surface area contributed by atoms with Crippen LogP contribution in [0.3, 0.4) is 0 Å². The van der Waals surface area contributed by atoms with Gasteiger partial charge in [0.1, 0.15) is 10.3 Å². The topological polar surface area (TPSA) is 58.6 Å². The maximum absolute atomic E-state index is 11.8. The maximum atomic E-state index is 11.8. The van der Waals surface area contributed by atoms with Gasteiger partial charge in [0.25, 0.3) is 5.56 Å². The van der Waals surface area contributed by atoms with E-state index in [1.165, 1.54) is 0 Å². The Morgan fingerprint density at radius 1 is 1.44 bits per heavy atom. The molecule has 2 aromatic rings. The van der Waals surface area contributed by atoms with Gasteiger partial charge in [0.15, 0.2) is 0 Å². The number of hydrogen-bond acceptors (Lipinski definition) is 3. The second kappa shape index (κ2) is 4.65. The third kappa shape index (κ3) is 2.36. The maximum Gasteiger partial charge on any atom is 0.265 e. The Balaban J connectivity index is 1.95. The summed E-state index contributed by atoms with van der Waals surface area (Å²) in [4.78, 5) is 23.3. The highest BCUT2D eigenvalue weighted by molar-refractivity contribution is 9.10. The molecule has 1 fully saturated rings. The van der Waals surface area contributed by atoms with Crippen LogP contribution in [-0.4, -0.2) is 15.0 Å². The first kappa shape index (κ1) is 11.6. The van der Waals surface area contributed by atoms with Gasteiger partial charge in [0, 0.05) is 24.7 Å². The van der Waals surface area contributed by atoms with Crippen LogP contribution < -0.4 is 5.56 Å². The summed E-state index contributed by atoms with van der Waals surface area (Å²) in [7, 11) is 0. The SMILES string of the molecule is O=c1[nH]c(Cc2cccnc2)nc(C2CC2)c1Br. The second-order valence-corrected chi connectivity index (χ2v) is 5.32. The minimum Gasteiger partial charge on any atom is -0.309 e. The predicted molar refractivity (Wildman–Crippen MR) is 71.6 cm³/mol. The van der Waals surface area contributed by atoms with Gasteiger partial charge in [-0.25, -0.2) is 4.98 Å². The van der Waals surface area contributed by atoms with Crippen LogP contribution in [0.2, 0.25) is 0 Å². The van der Waals surface area contributed by atoms with Gasteiger partial charge in [0.05, 0.1) is 5.69 Å². The Hall–Kier alpha value is -1.49. The lowest BCUT2D eigenvalue weighted by molar-refractivity contribution is 0.869. The number of nitrogens with zero attached hydrogens (tertiary/aromatic N) is 2. The molecule has 0 saturated heterocycles. The monoisotopic (exact) mass is 305 g/mol. The normalized spacial score (nSPS) is 14.7. The van der Waals surface area contributed by atoms with Gasteiger partial charge in [-0.1, -0.05) is 6.07 Å². The highest BCUT2D eigenvalue weighted by Gasteiger charge is 2.28. The molecule has 1 aliphatic carbocycles. The van der Waals surface area contributed by atoms with Gasteiger partial charge in [-0.3, -0.25) is 9.78 Å². The Bertz CT molecular complexity index is 620. The Morgan fingerprint density at radius 3 is 2.94 bits per heavy atom. The van der Waals surface area contributed by atoms with Crippen molar-refractivity contribution >= 4 is 15.9 Å². The molecule has 0 unspecified atom stereocenters. The van der Waals surface area contributed by atoms with Gasteiger partial charge in [0.2, 0.25) is 0 Å².